The van der Waals surface area contributed by atoms with Crippen LogP contribution >= 0.6 is 15.9 Å². The van der Waals surface area contributed by atoms with Crippen molar-refractivity contribution in [1.82, 2.24) is 9.88 Å². The molecule has 1 aromatic heterocycles. The molecule has 5 nitrogen and oxygen atoms in total. The number of likely N-dealkylation sites (tertiary alicyclic amines) is 1. The molecule has 1 unspecified atom stereocenters. The van der Waals surface area contributed by atoms with Gasteiger partial charge in [0, 0.05) is 50.3 Å². The number of halogens is 1. The van der Waals surface area contributed by atoms with Gasteiger partial charge in [0.25, 0.3) is 0 Å². The molecule has 7 heteroatoms. The lowest BCUT2D eigenvalue weighted by Gasteiger charge is -2.43. The lowest BCUT2D eigenvalue weighted by atomic mass is 9.95. The highest BCUT2D eigenvalue weighted by Crippen LogP contribution is 2.38. The molecular weight excluding hydrogens is 536 g/mol. The third-order valence-corrected chi connectivity index (χ3v) is 9.91. The van der Waals surface area contributed by atoms with Gasteiger partial charge in [-0.3, -0.25) is 18.9 Å². The number of esters is 1. The molecule has 1 aliphatic rings. The summed E-state index contributed by atoms with van der Waals surface area (Å²) < 4.78 is 20.1. The molecule has 0 saturated carbocycles. The number of nitrogens with zero attached hydrogens (tertiary/aromatic N) is 2. The van der Waals surface area contributed by atoms with E-state index >= 15 is 0 Å². The molecule has 0 radical (unpaired) electrons. The summed E-state index contributed by atoms with van der Waals surface area (Å²) in [6, 6.07) is 21.5. The first kappa shape index (κ1) is 26.6. The monoisotopic (exact) mass is 568 g/mol. The molecule has 2 aromatic carbocycles. The Morgan fingerprint density at radius 1 is 1.06 bits per heavy atom. The quantitative estimate of drug-likeness (QED) is 0.271. The summed E-state index contributed by atoms with van der Waals surface area (Å²) in [4.78, 5) is 21.0. The second-order valence-corrected chi connectivity index (χ2v) is 13.8. The minimum absolute atomic E-state index is 0.423. The second kappa shape index (κ2) is 10.5. The molecule has 1 atom stereocenters. The molecule has 190 valence electrons. The van der Waals surface area contributed by atoms with E-state index < -0.39 is 25.8 Å². The minimum atomic E-state index is -3.03. The van der Waals surface area contributed by atoms with E-state index in [0.29, 0.717) is 30.8 Å². The molecule has 2 heterocycles. The summed E-state index contributed by atoms with van der Waals surface area (Å²) in [5, 5.41) is 0. The van der Waals surface area contributed by atoms with Crippen LogP contribution in [0, 0.1) is 0 Å². The molecule has 0 aliphatic carbocycles. The third kappa shape index (κ3) is 5.74. The van der Waals surface area contributed by atoms with Crippen LogP contribution in [0.5, 0.6) is 0 Å². The van der Waals surface area contributed by atoms with Gasteiger partial charge in [-0.25, -0.2) is 0 Å². The molecule has 3 aromatic rings. The van der Waals surface area contributed by atoms with Crippen LogP contribution in [0.15, 0.2) is 82.3 Å². The third-order valence-electron chi connectivity index (χ3n) is 6.57. The van der Waals surface area contributed by atoms with E-state index in [4.69, 9.17) is 4.74 Å². The summed E-state index contributed by atoms with van der Waals surface area (Å²) in [6.45, 7) is 7.59. The second-order valence-electron chi connectivity index (χ2n) is 10.3. The zero-order valence-corrected chi connectivity index (χ0v) is 23.5. The van der Waals surface area contributed by atoms with Crippen LogP contribution in [0.3, 0.4) is 0 Å². The SMILES string of the molecule is C=S(=O)(c1ccc(-c2ccc(Br)cn2)cc1)C1(C(=O)OC(C)(C)C)CCN(Cc2ccccc2)CC1. The van der Waals surface area contributed by atoms with Crippen LogP contribution in [0.2, 0.25) is 0 Å². The number of benzene rings is 2. The van der Waals surface area contributed by atoms with Gasteiger partial charge < -0.3 is 4.74 Å². The topological polar surface area (TPSA) is 59.5 Å². The van der Waals surface area contributed by atoms with Crippen LogP contribution in [-0.2, 0) is 25.6 Å². The van der Waals surface area contributed by atoms with Gasteiger partial charge in [-0.05, 0) is 85.2 Å². The number of carbonyl (C=O) groups excluding carboxylic acids is 1. The number of hydrogen-bond donors (Lipinski definition) is 0. The largest absolute Gasteiger partial charge is 0.459 e. The van der Waals surface area contributed by atoms with Gasteiger partial charge in [-0.1, -0.05) is 42.5 Å². The summed E-state index contributed by atoms with van der Waals surface area (Å²) >= 11 is 3.41. The predicted octanol–water partition coefficient (Wildman–Crippen LogP) is 5.96. The lowest BCUT2D eigenvalue weighted by molar-refractivity contribution is -0.159. The lowest BCUT2D eigenvalue weighted by Crippen LogP contribution is -2.55. The number of aromatic nitrogens is 1. The fourth-order valence-corrected chi connectivity index (χ4v) is 6.99. The molecule has 0 amide bonds. The fourth-order valence-electron chi connectivity index (χ4n) is 4.57. The maximum atomic E-state index is 14.5. The van der Waals surface area contributed by atoms with Crippen LogP contribution in [0.4, 0.5) is 0 Å². The average molecular weight is 570 g/mol. The molecule has 1 aliphatic heterocycles. The van der Waals surface area contributed by atoms with Crippen molar-refractivity contribution in [2.45, 2.75) is 55.4 Å². The van der Waals surface area contributed by atoms with Crippen molar-refractivity contribution in [3.63, 3.8) is 0 Å². The average Bonchev–Trinajstić information content (AvgIpc) is 2.84. The van der Waals surface area contributed by atoms with Crippen molar-refractivity contribution in [3.8, 4) is 11.3 Å². The molecule has 1 fully saturated rings. The van der Waals surface area contributed by atoms with E-state index in [-0.39, 0.29) is 0 Å². The maximum absolute atomic E-state index is 14.5. The maximum Gasteiger partial charge on any atom is 0.325 e. The van der Waals surface area contributed by atoms with Gasteiger partial charge in [-0.15, -0.1) is 0 Å². The normalized spacial score (nSPS) is 17.8. The van der Waals surface area contributed by atoms with Gasteiger partial charge in [0.2, 0.25) is 0 Å². The summed E-state index contributed by atoms with van der Waals surface area (Å²) in [7, 11) is -3.03. The first-order valence-electron chi connectivity index (χ1n) is 12.1. The van der Waals surface area contributed by atoms with Crippen molar-refractivity contribution >= 4 is 37.3 Å². The number of pyridine rings is 1. The molecule has 4 rings (SSSR count). The molecule has 0 bridgehead atoms. The number of carbonyl (C=O) groups is 1. The van der Waals surface area contributed by atoms with E-state index in [1.54, 1.807) is 6.20 Å². The van der Waals surface area contributed by atoms with Crippen LogP contribution in [0.1, 0.15) is 39.2 Å². The van der Waals surface area contributed by atoms with Gasteiger partial charge in [0.1, 0.15) is 10.3 Å². The Kier molecular flexibility index (Phi) is 7.74. The first-order valence-corrected chi connectivity index (χ1v) is 14.6. The Hall–Kier alpha value is -2.48. The van der Waals surface area contributed by atoms with Crippen LogP contribution in [-0.4, -0.2) is 49.4 Å². The molecule has 36 heavy (non-hydrogen) atoms. The minimum Gasteiger partial charge on any atom is -0.459 e. The standard InChI is InChI=1S/C29H33BrN2O3S/c1-28(2,3)35-27(33)29(16-18-32(19-17-29)21-22-8-6-5-7-9-22)36(4,34)25-13-10-23(11-14-25)26-15-12-24(30)20-31-26/h5-15,20H,4,16-19,21H2,1-3H3. The van der Waals surface area contributed by atoms with E-state index in [2.05, 4.69) is 43.8 Å². The van der Waals surface area contributed by atoms with Gasteiger partial charge in [-0.2, -0.15) is 0 Å². The zero-order valence-electron chi connectivity index (χ0n) is 21.1. The number of ether oxygens (including phenoxy) is 1. The Morgan fingerprint density at radius 2 is 1.69 bits per heavy atom. The highest BCUT2D eigenvalue weighted by Gasteiger charge is 2.51. The van der Waals surface area contributed by atoms with Gasteiger partial charge in [0.05, 0.1) is 5.69 Å². The Morgan fingerprint density at radius 3 is 2.25 bits per heavy atom. The highest BCUT2D eigenvalue weighted by molar-refractivity contribution is 9.10. The Bertz CT molecular complexity index is 1290. The van der Waals surface area contributed by atoms with Crippen molar-refractivity contribution < 1.29 is 13.7 Å². The van der Waals surface area contributed by atoms with E-state index in [1.807, 2.05) is 75.4 Å². The number of rotatable bonds is 6. The Labute approximate surface area is 223 Å². The van der Waals surface area contributed by atoms with Crippen molar-refractivity contribution in [2.24, 2.45) is 0 Å². The first-order chi connectivity index (χ1) is 17.0. The number of piperidine rings is 1. The van der Waals surface area contributed by atoms with Gasteiger partial charge in [0.15, 0.2) is 0 Å². The van der Waals surface area contributed by atoms with Crippen LogP contribution < -0.4 is 0 Å². The predicted molar refractivity (Wildman–Crippen MR) is 150 cm³/mol. The Balaban J connectivity index is 1.62. The van der Waals surface area contributed by atoms with Crippen LogP contribution in [0.25, 0.3) is 11.3 Å². The summed E-state index contributed by atoms with van der Waals surface area (Å²) in [5.41, 5.74) is 2.26. The number of hydrogen-bond acceptors (Lipinski definition) is 5. The zero-order chi connectivity index (χ0) is 26.0. The van der Waals surface area contributed by atoms with Crippen molar-refractivity contribution in [2.75, 3.05) is 13.1 Å². The van der Waals surface area contributed by atoms with Gasteiger partial charge >= 0.3 is 5.97 Å². The molecule has 0 N–H and O–H groups in total. The fraction of sp³-hybridized carbons (Fsp3) is 0.345. The van der Waals surface area contributed by atoms with E-state index in [0.717, 1.165) is 22.3 Å². The summed E-state index contributed by atoms with van der Waals surface area (Å²) in [6.07, 6.45) is 2.59. The molecular formula is C29H33BrN2O3S. The van der Waals surface area contributed by atoms with E-state index in [1.165, 1.54) is 5.56 Å². The molecule has 1 saturated heterocycles. The van der Waals surface area contributed by atoms with Crippen molar-refractivity contribution in [1.29, 1.82) is 0 Å². The van der Waals surface area contributed by atoms with E-state index in [9.17, 15) is 9.00 Å². The van der Waals surface area contributed by atoms with Crippen molar-refractivity contribution in [3.05, 3.63) is 83.0 Å². The molecule has 0 spiro atoms. The highest BCUT2D eigenvalue weighted by atomic mass is 79.9. The smallest absolute Gasteiger partial charge is 0.325 e. The summed E-state index contributed by atoms with van der Waals surface area (Å²) in [5.74, 6) is 3.77.